The molecule has 0 radical (unpaired) electrons. The molecule has 3 aromatic rings. The van der Waals surface area contributed by atoms with Gasteiger partial charge in [-0.1, -0.05) is 12.1 Å². The largest absolute Gasteiger partial charge is 0.441 e. The van der Waals surface area contributed by atoms with E-state index in [0.29, 0.717) is 17.9 Å². The van der Waals surface area contributed by atoms with E-state index in [2.05, 4.69) is 9.97 Å². The Morgan fingerprint density at radius 1 is 1.06 bits per heavy atom. The fourth-order valence-electron chi connectivity index (χ4n) is 1.71. The summed E-state index contributed by atoms with van der Waals surface area (Å²) in [5.41, 5.74) is 2.94. The molecule has 0 bridgehead atoms. The lowest BCUT2D eigenvalue weighted by atomic mass is 10.3. The van der Waals surface area contributed by atoms with Gasteiger partial charge < -0.3 is 9.52 Å². The lowest BCUT2D eigenvalue weighted by Crippen LogP contribution is -1.85. The molecule has 0 fully saturated rings. The number of hydrogen-bond acceptors (Lipinski definition) is 4. The molecule has 0 saturated carbocycles. The second-order valence-corrected chi connectivity index (χ2v) is 3.59. The van der Waals surface area contributed by atoms with Gasteiger partial charge in [0.15, 0.2) is 0 Å². The summed E-state index contributed by atoms with van der Waals surface area (Å²) >= 11 is 0. The maximum Gasteiger partial charge on any atom is 0.245 e. The summed E-state index contributed by atoms with van der Waals surface area (Å²) in [7, 11) is 0. The van der Waals surface area contributed by atoms with E-state index in [1.54, 1.807) is 0 Å². The van der Waals surface area contributed by atoms with Crippen molar-refractivity contribution >= 4 is 22.3 Å². The summed E-state index contributed by atoms with van der Waals surface area (Å²) in [5.74, 6) is 0.716. The van der Waals surface area contributed by atoms with E-state index in [0.717, 1.165) is 16.6 Å². The molecule has 2 heterocycles. The molecule has 0 spiro atoms. The number of rotatable bonds is 2. The normalized spacial score (nSPS) is 11.3. The van der Waals surface area contributed by atoms with Crippen LogP contribution in [0, 0.1) is 0 Å². The van der Waals surface area contributed by atoms with Crippen molar-refractivity contribution in [3.8, 4) is 0 Å². The molecule has 4 heteroatoms. The Balaban J connectivity index is 2.25. The van der Waals surface area contributed by atoms with Gasteiger partial charge in [-0.05, 0) is 12.1 Å². The Labute approximate surface area is 91.6 Å². The Morgan fingerprint density at radius 2 is 1.81 bits per heavy atom. The van der Waals surface area contributed by atoms with Crippen molar-refractivity contribution in [1.29, 1.82) is 0 Å². The molecule has 1 N–H and O–H groups in total. The first-order valence-corrected chi connectivity index (χ1v) is 5.13. The average molecular weight is 214 g/mol. The topological polar surface area (TPSA) is 59.2 Å². The highest BCUT2D eigenvalue weighted by Crippen LogP contribution is 2.19. The van der Waals surface area contributed by atoms with Crippen molar-refractivity contribution in [2.24, 2.45) is 0 Å². The van der Waals surface area contributed by atoms with Crippen LogP contribution in [0.1, 0.15) is 5.76 Å². The third-order valence-electron chi connectivity index (χ3n) is 2.45. The molecule has 3 rings (SSSR count). The predicted octanol–water partition coefficient (Wildman–Crippen LogP) is 1.91. The van der Waals surface area contributed by atoms with Gasteiger partial charge in [-0.15, -0.1) is 0 Å². The lowest BCUT2D eigenvalue weighted by molar-refractivity contribution is 0.289. The molecule has 0 aliphatic rings. The number of aliphatic hydroxyl groups is 1. The number of hydrogen-bond donors (Lipinski definition) is 1. The van der Waals surface area contributed by atoms with Gasteiger partial charge in [-0.25, -0.2) is 9.97 Å². The van der Waals surface area contributed by atoms with Crippen LogP contribution in [0.5, 0.6) is 0 Å². The van der Waals surface area contributed by atoms with Crippen LogP contribution in [0.4, 0.5) is 0 Å². The SMILES string of the molecule is OCCc1cc2nc3ccccc3nc2o1. The van der Waals surface area contributed by atoms with E-state index in [4.69, 9.17) is 9.52 Å². The van der Waals surface area contributed by atoms with E-state index in [1.165, 1.54) is 0 Å². The number of para-hydroxylation sites is 2. The number of fused-ring (bicyclic) bond motifs is 2. The maximum atomic E-state index is 8.83. The van der Waals surface area contributed by atoms with Gasteiger partial charge in [0, 0.05) is 12.5 Å². The van der Waals surface area contributed by atoms with E-state index >= 15 is 0 Å². The summed E-state index contributed by atoms with van der Waals surface area (Å²) in [5, 5.41) is 8.83. The van der Waals surface area contributed by atoms with Crippen LogP contribution in [-0.4, -0.2) is 21.7 Å². The summed E-state index contributed by atoms with van der Waals surface area (Å²) in [4.78, 5) is 8.81. The lowest BCUT2D eigenvalue weighted by Gasteiger charge is -1.94. The van der Waals surface area contributed by atoms with Crippen molar-refractivity contribution in [3.63, 3.8) is 0 Å². The first-order chi connectivity index (χ1) is 7.86. The average Bonchev–Trinajstić information content (AvgIpc) is 2.67. The highest BCUT2D eigenvalue weighted by Gasteiger charge is 2.07. The van der Waals surface area contributed by atoms with E-state index in [-0.39, 0.29) is 6.61 Å². The molecule has 0 aliphatic carbocycles. The number of aliphatic hydroxyl groups excluding tert-OH is 1. The Morgan fingerprint density at radius 3 is 2.56 bits per heavy atom. The second kappa shape index (κ2) is 3.57. The predicted molar refractivity (Wildman–Crippen MR) is 60.1 cm³/mol. The molecule has 2 aromatic heterocycles. The van der Waals surface area contributed by atoms with Gasteiger partial charge in [0.1, 0.15) is 11.3 Å². The molecular weight excluding hydrogens is 204 g/mol. The quantitative estimate of drug-likeness (QED) is 0.707. The van der Waals surface area contributed by atoms with Crippen LogP contribution in [0.3, 0.4) is 0 Å². The molecular formula is C12H10N2O2. The second-order valence-electron chi connectivity index (χ2n) is 3.59. The van der Waals surface area contributed by atoms with Gasteiger partial charge in [-0.2, -0.15) is 0 Å². The van der Waals surface area contributed by atoms with E-state index < -0.39 is 0 Å². The smallest absolute Gasteiger partial charge is 0.245 e. The molecule has 0 atom stereocenters. The minimum absolute atomic E-state index is 0.0688. The summed E-state index contributed by atoms with van der Waals surface area (Å²) in [6.07, 6.45) is 0.494. The number of aromatic nitrogens is 2. The van der Waals surface area contributed by atoms with Crippen LogP contribution in [0.25, 0.3) is 22.3 Å². The first kappa shape index (κ1) is 9.30. The van der Waals surface area contributed by atoms with Crippen LogP contribution < -0.4 is 0 Å². The minimum Gasteiger partial charge on any atom is -0.441 e. The van der Waals surface area contributed by atoms with Gasteiger partial charge >= 0.3 is 0 Å². The van der Waals surface area contributed by atoms with Gasteiger partial charge in [0.2, 0.25) is 5.71 Å². The molecule has 16 heavy (non-hydrogen) atoms. The fourth-order valence-corrected chi connectivity index (χ4v) is 1.71. The molecule has 0 aliphatic heterocycles. The van der Waals surface area contributed by atoms with E-state index in [1.807, 2.05) is 30.3 Å². The molecule has 0 amide bonds. The standard InChI is InChI=1S/C12H10N2O2/c15-6-5-8-7-11-12(16-8)14-10-4-2-1-3-9(10)13-11/h1-4,7,15H,5-6H2. The highest BCUT2D eigenvalue weighted by atomic mass is 16.3. The molecule has 4 nitrogen and oxygen atoms in total. The Hall–Kier alpha value is -1.94. The van der Waals surface area contributed by atoms with Gasteiger partial charge in [0.05, 0.1) is 17.6 Å². The van der Waals surface area contributed by atoms with Crippen molar-refractivity contribution in [2.45, 2.75) is 6.42 Å². The zero-order valence-corrected chi connectivity index (χ0v) is 8.55. The zero-order valence-electron chi connectivity index (χ0n) is 8.55. The number of furan rings is 1. The summed E-state index contributed by atoms with van der Waals surface area (Å²) < 4.78 is 5.48. The van der Waals surface area contributed by atoms with Crippen molar-refractivity contribution < 1.29 is 9.52 Å². The monoisotopic (exact) mass is 214 g/mol. The number of nitrogens with zero attached hydrogens (tertiary/aromatic N) is 2. The minimum atomic E-state index is 0.0688. The maximum absolute atomic E-state index is 8.83. The van der Waals surface area contributed by atoms with Crippen LogP contribution >= 0.6 is 0 Å². The van der Waals surface area contributed by atoms with E-state index in [9.17, 15) is 0 Å². The summed E-state index contributed by atoms with van der Waals surface area (Å²) in [6, 6.07) is 9.49. The van der Waals surface area contributed by atoms with Crippen LogP contribution in [-0.2, 0) is 6.42 Å². The number of benzene rings is 1. The van der Waals surface area contributed by atoms with Crippen molar-refractivity contribution in [2.75, 3.05) is 6.61 Å². The molecule has 80 valence electrons. The fraction of sp³-hybridized carbons (Fsp3) is 0.167. The summed E-state index contributed by atoms with van der Waals surface area (Å²) in [6.45, 7) is 0.0688. The molecule has 0 unspecified atom stereocenters. The van der Waals surface area contributed by atoms with Crippen molar-refractivity contribution in [3.05, 3.63) is 36.1 Å². The van der Waals surface area contributed by atoms with Crippen LogP contribution in [0.2, 0.25) is 0 Å². The van der Waals surface area contributed by atoms with Crippen LogP contribution in [0.15, 0.2) is 34.7 Å². The van der Waals surface area contributed by atoms with Crippen molar-refractivity contribution in [1.82, 2.24) is 9.97 Å². The Kier molecular flexibility index (Phi) is 2.08. The third-order valence-corrected chi connectivity index (χ3v) is 2.45. The highest BCUT2D eigenvalue weighted by molar-refractivity contribution is 5.83. The molecule has 0 saturated heterocycles. The first-order valence-electron chi connectivity index (χ1n) is 5.13. The van der Waals surface area contributed by atoms with Gasteiger partial charge in [-0.3, -0.25) is 0 Å². The Bertz CT molecular complexity index is 593. The van der Waals surface area contributed by atoms with Gasteiger partial charge in [0.25, 0.3) is 0 Å². The molecule has 1 aromatic carbocycles. The third kappa shape index (κ3) is 1.44. The zero-order chi connectivity index (χ0) is 11.0.